The average Bonchev–Trinajstić information content (AvgIpc) is 3.08. The van der Waals surface area contributed by atoms with Gasteiger partial charge >= 0.3 is 0 Å². The Hall–Kier alpha value is -3.40. The highest BCUT2D eigenvalue weighted by atomic mass is 16.5. The number of rotatable bonds is 2. The molecule has 0 N–H and O–H groups in total. The second-order valence-electron chi connectivity index (χ2n) is 10.4. The number of hydrogen-bond acceptors (Lipinski definition) is 3. The molecule has 2 bridgehead atoms. The molecule has 1 aliphatic heterocycles. The lowest BCUT2D eigenvalue weighted by molar-refractivity contribution is -0.122. The van der Waals surface area contributed by atoms with Crippen molar-refractivity contribution >= 4 is 17.5 Å². The van der Waals surface area contributed by atoms with Gasteiger partial charge in [-0.1, -0.05) is 75.4 Å². The third-order valence-corrected chi connectivity index (χ3v) is 7.73. The molecule has 3 aromatic rings. The second kappa shape index (κ2) is 6.80. The lowest BCUT2D eigenvalue weighted by Crippen LogP contribution is -2.41. The van der Waals surface area contributed by atoms with Gasteiger partial charge in [-0.15, -0.1) is 0 Å². The number of ether oxygens (including phenoxy) is 1. The summed E-state index contributed by atoms with van der Waals surface area (Å²) < 4.78 is 5.51. The molecule has 1 fully saturated rings. The van der Waals surface area contributed by atoms with Crippen LogP contribution in [0.15, 0.2) is 66.7 Å². The van der Waals surface area contributed by atoms with Crippen LogP contribution in [-0.2, 0) is 15.0 Å². The highest BCUT2D eigenvalue weighted by molar-refractivity contribution is 6.24. The number of benzene rings is 3. The maximum atomic E-state index is 14.0. The first-order valence-electron chi connectivity index (χ1n) is 11.6. The zero-order chi connectivity index (χ0) is 23.1. The Labute approximate surface area is 194 Å². The van der Waals surface area contributed by atoms with Crippen LogP contribution in [0.4, 0.5) is 5.69 Å². The van der Waals surface area contributed by atoms with Gasteiger partial charge in [-0.3, -0.25) is 9.59 Å². The molecular weight excluding hydrogens is 410 g/mol. The fourth-order valence-electron chi connectivity index (χ4n) is 6.25. The van der Waals surface area contributed by atoms with E-state index in [2.05, 4.69) is 51.1 Å². The molecule has 7 rings (SSSR count). The molecule has 1 heterocycles. The number of carbonyl (C=O) groups is 2. The monoisotopic (exact) mass is 437 g/mol. The first-order valence-corrected chi connectivity index (χ1v) is 11.6. The van der Waals surface area contributed by atoms with Gasteiger partial charge in [0.25, 0.3) is 0 Å². The Balaban J connectivity index is 1.57. The van der Waals surface area contributed by atoms with Gasteiger partial charge in [0.05, 0.1) is 24.6 Å². The predicted octanol–water partition coefficient (Wildman–Crippen LogP) is 5.39. The minimum atomic E-state index is -0.398. The average molecular weight is 438 g/mol. The molecule has 2 amide bonds. The molecular formula is C29H27NO3. The van der Waals surface area contributed by atoms with Crippen LogP contribution >= 0.6 is 0 Å². The summed E-state index contributed by atoms with van der Waals surface area (Å²) in [5.74, 6) is -0.730. The van der Waals surface area contributed by atoms with Gasteiger partial charge in [0, 0.05) is 11.8 Å². The number of anilines is 1. The smallest absolute Gasteiger partial charge is 0.238 e. The van der Waals surface area contributed by atoms with Crippen LogP contribution in [0.25, 0.3) is 0 Å². The van der Waals surface area contributed by atoms with Crippen molar-refractivity contribution in [1.29, 1.82) is 0 Å². The summed E-state index contributed by atoms with van der Waals surface area (Å²) in [5, 5.41) is 0. The molecule has 3 aliphatic carbocycles. The highest BCUT2D eigenvalue weighted by Gasteiger charge is 2.62. The van der Waals surface area contributed by atoms with Crippen LogP contribution in [0.3, 0.4) is 0 Å². The Morgan fingerprint density at radius 3 is 1.88 bits per heavy atom. The first-order chi connectivity index (χ1) is 15.8. The van der Waals surface area contributed by atoms with Crippen molar-refractivity contribution in [2.45, 2.75) is 38.0 Å². The van der Waals surface area contributed by atoms with E-state index in [1.54, 1.807) is 19.2 Å². The Morgan fingerprint density at radius 1 is 0.727 bits per heavy atom. The van der Waals surface area contributed by atoms with Crippen molar-refractivity contribution < 1.29 is 14.3 Å². The van der Waals surface area contributed by atoms with Crippen LogP contribution in [0.2, 0.25) is 0 Å². The fourth-order valence-corrected chi connectivity index (χ4v) is 6.25. The zero-order valence-corrected chi connectivity index (χ0v) is 19.3. The van der Waals surface area contributed by atoms with E-state index in [0.29, 0.717) is 11.4 Å². The largest absolute Gasteiger partial charge is 0.495 e. The molecule has 4 atom stereocenters. The third-order valence-electron chi connectivity index (χ3n) is 7.73. The van der Waals surface area contributed by atoms with Crippen molar-refractivity contribution in [2.75, 3.05) is 12.0 Å². The number of nitrogens with zero attached hydrogens (tertiary/aromatic N) is 1. The molecule has 0 spiro atoms. The Bertz CT molecular complexity index is 1320. The molecule has 166 valence electrons. The molecule has 4 heteroatoms. The van der Waals surface area contributed by atoms with Gasteiger partial charge in [-0.05, 0) is 45.4 Å². The summed E-state index contributed by atoms with van der Waals surface area (Å²) in [6.07, 6.45) is 0. The summed E-state index contributed by atoms with van der Waals surface area (Å²) in [5.41, 5.74) is 6.55. The number of methoxy groups -OCH3 is 1. The number of imide groups is 1. The molecule has 0 aromatic heterocycles. The van der Waals surface area contributed by atoms with Crippen molar-refractivity contribution in [2.24, 2.45) is 11.8 Å². The second-order valence-corrected chi connectivity index (χ2v) is 10.4. The molecule has 0 radical (unpaired) electrons. The fraction of sp³-hybridized carbons (Fsp3) is 0.310. The van der Waals surface area contributed by atoms with E-state index in [-0.39, 0.29) is 29.1 Å². The number of carbonyl (C=O) groups excluding carboxylic acids is 2. The van der Waals surface area contributed by atoms with Crippen LogP contribution in [0.1, 0.15) is 60.4 Å². The summed E-state index contributed by atoms with van der Waals surface area (Å²) >= 11 is 0. The van der Waals surface area contributed by atoms with Crippen LogP contribution in [0.5, 0.6) is 5.75 Å². The first kappa shape index (κ1) is 20.2. The van der Waals surface area contributed by atoms with E-state index in [1.165, 1.54) is 32.7 Å². The summed E-state index contributed by atoms with van der Waals surface area (Å²) in [4.78, 5) is 29.2. The molecule has 0 saturated carbocycles. The van der Waals surface area contributed by atoms with Gasteiger partial charge in [-0.25, -0.2) is 4.90 Å². The SMILES string of the molecule is COc1ccccc1N1C(=O)[C@@H]2[C@@H]3c4ccccc4[C@H](c4ccc(C(C)(C)C)cc43)[C@@H]2C1=O. The number of hydrogen-bond donors (Lipinski definition) is 0. The minimum Gasteiger partial charge on any atom is -0.495 e. The molecule has 0 unspecified atom stereocenters. The van der Waals surface area contributed by atoms with E-state index in [9.17, 15) is 9.59 Å². The maximum absolute atomic E-state index is 14.0. The quantitative estimate of drug-likeness (QED) is 0.505. The Morgan fingerprint density at radius 2 is 1.27 bits per heavy atom. The van der Waals surface area contributed by atoms with E-state index < -0.39 is 11.8 Å². The molecule has 3 aromatic carbocycles. The van der Waals surface area contributed by atoms with Gasteiger partial charge in [-0.2, -0.15) is 0 Å². The van der Waals surface area contributed by atoms with Gasteiger partial charge in [0.1, 0.15) is 5.75 Å². The van der Waals surface area contributed by atoms with Crippen molar-refractivity contribution in [3.8, 4) is 5.75 Å². The lowest BCUT2D eigenvalue weighted by atomic mass is 9.54. The zero-order valence-electron chi connectivity index (χ0n) is 19.3. The van der Waals surface area contributed by atoms with E-state index in [4.69, 9.17) is 4.74 Å². The van der Waals surface area contributed by atoms with Crippen LogP contribution in [0, 0.1) is 11.8 Å². The summed E-state index contributed by atoms with van der Waals surface area (Å²) in [7, 11) is 1.57. The lowest BCUT2D eigenvalue weighted by Gasteiger charge is -2.46. The van der Waals surface area contributed by atoms with Gasteiger partial charge < -0.3 is 4.74 Å². The highest BCUT2D eigenvalue weighted by Crippen LogP contribution is 2.62. The molecule has 4 aliphatic rings. The topological polar surface area (TPSA) is 46.6 Å². The molecule has 1 saturated heterocycles. The maximum Gasteiger partial charge on any atom is 0.238 e. The van der Waals surface area contributed by atoms with Crippen molar-refractivity contribution in [3.05, 3.63) is 94.5 Å². The third kappa shape index (κ3) is 2.64. The van der Waals surface area contributed by atoms with Crippen LogP contribution < -0.4 is 9.64 Å². The Kier molecular flexibility index (Phi) is 4.17. The molecule has 33 heavy (non-hydrogen) atoms. The van der Waals surface area contributed by atoms with E-state index >= 15 is 0 Å². The van der Waals surface area contributed by atoms with E-state index in [1.807, 2.05) is 24.3 Å². The normalized spacial score (nSPS) is 25.0. The van der Waals surface area contributed by atoms with Crippen molar-refractivity contribution in [1.82, 2.24) is 0 Å². The van der Waals surface area contributed by atoms with Crippen molar-refractivity contribution in [3.63, 3.8) is 0 Å². The van der Waals surface area contributed by atoms with Gasteiger partial charge in [0.2, 0.25) is 11.8 Å². The number of para-hydroxylation sites is 2. The summed E-state index contributed by atoms with van der Waals surface area (Å²) in [6.45, 7) is 6.63. The predicted molar refractivity (Wildman–Crippen MR) is 128 cm³/mol. The van der Waals surface area contributed by atoms with E-state index in [0.717, 1.165) is 0 Å². The van der Waals surface area contributed by atoms with Gasteiger partial charge in [0.15, 0.2) is 0 Å². The molecule has 4 nitrogen and oxygen atoms in total. The standard InChI is InChI=1S/C29H27NO3/c1-29(2,3)16-13-14-19-20(15-16)24-18-10-6-5-9-17(18)23(19)25-26(24)28(32)30(27(25)31)21-11-7-8-12-22(21)33-4/h5-15,23-26H,1-4H3/t23-,24-,25+,26-/m1/s1. The minimum absolute atomic E-state index is 0.00356. The summed E-state index contributed by atoms with van der Waals surface area (Å²) in [6, 6.07) is 22.3. The van der Waals surface area contributed by atoms with Crippen LogP contribution in [-0.4, -0.2) is 18.9 Å². The number of amides is 2.